The Morgan fingerprint density at radius 2 is 1.62 bits per heavy atom. The van der Waals surface area contributed by atoms with E-state index in [1.54, 1.807) is 36.4 Å². The van der Waals surface area contributed by atoms with Crippen LogP contribution in [-0.4, -0.2) is 14.3 Å². The number of rotatable bonds is 6. The maximum atomic E-state index is 12.7. The molecule has 1 amide bonds. The molecule has 1 atom stereocenters. The van der Waals surface area contributed by atoms with E-state index >= 15 is 0 Å². The normalized spacial score (nSPS) is 12.2. The van der Waals surface area contributed by atoms with Crippen LogP contribution in [0.4, 0.5) is 5.69 Å². The number of hydrogen-bond donors (Lipinski definition) is 2. The number of carbonyl (C=O) groups excluding carboxylic acids is 1. The Labute approximate surface area is 171 Å². The minimum absolute atomic E-state index is 0.165. The number of anilines is 1. The molecule has 0 aliphatic heterocycles. The first-order valence-electron chi connectivity index (χ1n) is 9.32. The number of carbonyl (C=O) groups is 1. The van der Waals surface area contributed by atoms with Crippen LogP contribution in [0.5, 0.6) is 0 Å². The van der Waals surface area contributed by atoms with Crippen molar-refractivity contribution in [1.82, 2.24) is 5.32 Å². The van der Waals surface area contributed by atoms with Gasteiger partial charge in [0.25, 0.3) is 15.9 Å². The Kier molecular flexibility index (Phi) is 6.03. The first kappa shape index (κ1) is 20.6. The van der Waals surface area contributed by atoms with E-state index in [2.05, 4.69) is 16.1 Å². The summed E-state index contributed by atoms with van der Waals surface area (Å²) in [4.78, 5) is 12.9. The van der Waals surface area contributed by atoms with Gasteiger partial charge in [-0.1, -0.05) is 48.0 Å². The lowest BCUT2D eigenvalue weighted by Gasteiger charge is -2.18. The van der Waals surface area contributed by atoms with E-state index in [0.29, 0.717) is 11.3 Å². The molecule has 0 saturated heterocycles. The molecule has 0 spiro atoms. The molecule has 0 aromatic heterocycles. The highest BCUT2D eigenvalue weighted by atomic mass is 32.2. The first-order valence-corrected chi connectivity index (χ1v) is 10.8. The lowest BCUT2D eigenvalue weighted by molar-refractivity contribution is 0.0940. The molecule has 2 N–H and O–H groups in total. The minimum Gasteiger partial charge on any atom is -0.346 e. The van der Waals surface area contributed by atoms with Gasteiger partial charge in [-0.3, -0.25) is 9.52 Å². The van der Waals surface area contributed by atoms with Crippen molar-refractivity contribution in [3.05, 3.63) is 95.1 Å². The summed E-state index contributed by atoms with van der Waals surface area (Å²) < 4.78 is 27.5. The molecule has 0 radical (unpaired) electrons. The molecular weight excluding hydrogens is 384 g/mol. The molecule has 0 aliphatic rings. The minimum atomic E-state index is -3.71. The summed E-state index contributed by atoms with van der Waals surface area (Å²) in [6.45, 7) is 5.96. The number of hydrogen-bond acceptors (Lipinski definition) is 3. The molecule has 6 heteroatoms. The van der Waals surface area contributed by atoms with E-state index in [4.69, 9.17) is 0 Å². The van der Waals surface area contributed by atoms with Crippen molar-refractivity contribution in [2.24, 2.45) is 0 Å². The summed E-state index contributed by atoms with van der Waals surface area (Å²) in [5.41, 5.74) is 4.01. The fourth-order valence-corrected chi connectivity index (χ4v) is 4.19. The van der Waals surface area contributed by atoms with Gasteiger partial charge in [-0.05, 0) is 62.2 Å². The molecule has 150 valence electrons. The van der Waals surface area contributed by atoms with Crippen LogP contribution >= 0.6 is 0 Å². The van der Waals surface area contributed by atoms with Crippen LogP contribution in [0.1, 0.15) is 40.0 Å². The second-order valence-corrected chi connectivity index (χ2v) is 8.74. The van der Waals surface area contributed by atoms with Crippen LogP contribution < -0.4 is 10.0 Å². The van der Waals surface area contributed by atoms with Crippen LogP contribution in [0, 0.1) is 13.8 Å². The molecule has 0 unspecified atom stereocenters. The van der Waals surface area contributed by atoms with Crippen LogP contribution in [0.15, 0.2) is 77.7 Å². The lowest BCUT2D eigenvalue weighted by atomic mass is 9.99. The van der Waals surface area contributed by atoms with Crippen molar-refractivity contribution in [2.45, 2.75) is 31.7 Å². The smallest absolute Gasteiger partial charge is 0.261 e. The van der Waals surface area contributed by atoms with Crippen molar-refractivity contribution < 1.29 is 13.2 Å². The molecular formula is C23H24N2O3S. The van der Waals surface area contributed by atoms with Gasteiger partial charge >= 0.3 is 0 Å². The van der Waals surface area contributed by atoms with Gasteiger partial charge in [0.1, 0.15) is 0 Å². The van der Waals surface area contributed by atoms with Crippen molar-refractivity contribution in [1.29, 1.82) is 0 Å². The third-order valence-electron chi connectivity index (χ3n) is 4.68. The highest BCUT2D eigenvalue weighted by Gasteiger charge is 2.16. The topological polar surface area (TPSA) is 75.3 Å². The van der Waals surface area contributed by atoms with Crippen LogP contribution in [0.25, 0.3) is 0 Å². The summed E-state index contributed by atoms with van der Waals surface area (Å²) in [5, 5.41) is 2.99. The standard InChI is InChI=1S/C23H24N2O3S/c1-16-12-13-17(2)22(14-16)18(3)24-23(26)19-8-7-9-20(15-19)25-29(27,28)21-10-5-4-6-11-21/h4-15,18,25H,1-3H3,(H,24,26)/t18-/m1/s1. The third-order valence-corrected chi connectivity index (χ3v) is 6.08. The maximum Gasteiger partial charge on any atom is 0.261 e. The lowest BCUT2D eigenvalue weighted by Crippen LogP contribution is -2.27. The van der Waals surface area contributed by atoms with Gasteiger partial charge in [-0.25, -0.2) is 8.42 Å². The predicted octanol–water partition coefficient (Wildman–Crippen LogP) is 4.60. The molecule has 29 heavy (non-hydrogen) atoms. The van der Waals surface area contributed by atoms with Gasteiger partial charge in [0, 0.05) is 11.3 Å². The van der Waals surface area contributed by atoms with Crippen LogP contribution in [0.3, 0.4) is 0 Å². The number of sulfonamides is 1. The largest absolute Gasteiger partial charge is 0.346 e. The van der Waals surface area contributed by atoms with Crippen LogP contribution in [0.2, 0.25) is 0 Å². The molecule has 3 aromatic carbocycles. The Balaban J connectivity index is 1.77. The van der Waals surface area contributed by atoms with E-state index in [1.165, 1.54) is 18.2 Å². The summed E-state index contributed by atoms with van der Waals surface area (Å²) in [6.07, 6.45) is 0. The summed E-state index contributed by atoms with van der Waals surface area (Å²) in [5.74, 6) is -0.265. The highest BCUT2D eigenvalue weighted by molar-refractivity contribution is 7.92. The van der Waals surface area contributed by atoms with Gasteiger partial charge in [0.05, 0.1) is 10.9 Å². The van der Waals surface area contributed by atoms with Gasteiger partial charge in [0.15, 0.2) is 0 Å². The number of nitrogens with one attached hydrogen (secondary N) is 2. The Bertz CT molecular complexity index is 1130. The van der Waals surface area contributed by atoms with E-state index in [0.717, 1.165) is 16.7 Å². The number of aryl methyl sites for hydroxylation is 2. The molecule has 5 nitrogen and oxygen atoms in total. The summed E-state index contributed by atoms with van der Waals surface area (Å²) in [6, 6.07) is 20.5. The van der Waals surface area contributed by atoms with Gasteiger partial charge in [0.2, 0.25) is 0 Å². The van der Waals surface area contributed by atoms with E-state index in [9.17, 15) is 13.2 Å². The fourth-order valence-electron chi connectivity index (χ4n) is 3.12. The molecule has 3 rings (SSSR count). The quantitative estimate of drug-likeness (QED) is 0.626. The zero-order valence-electron chi connectivity index (χ0n) is 16.6. The zero-order valence-corrected chi connectivity index (χ0v) is 17.5. The molecule has 0 fully saturated rings. The van der Waals surface area contributed by atoms with Crippen molar-refractivity contribution >= 4 is 21.6 Å². The average Bonchev–Trinajstić information content (AvgIpc) is 2.70. The predicted molar refractivity (Wildman–Crippen MR) is 115 cm³/mol. The Morgan fingerprint density at radius 1 is 0.897 bits per heavy atom. The molecule has 0 aliphatic carbocycles. The highest BCUT2D eigenvalue weighted by Crippen LogP contribution is 2.21. The van der Waals surface area contributed by atoms with Gasteiger partial charge in [-0.2, -0.15) is 0 Å². The number of benzene rings is 3. The molecule has 0 heterocycles. The zero-order chi connectivity index (χ0) is 21.0. The van der Waals surface area contributed by atoms with Crippen molar-refractivity contribution in [3.8, 4) is 0 Å². The molecule has 0 saturated carbocycles. The monoisotopic (exact) mass is 408 g/mol. The van der Waals surface area contributed by atoms with Gasteiger partial charge < -0.3 is 5.32 Å². The Morgan fingerprint density at radius 3 is 2.34 bits per heavy atom. The molecule has 0 bridgehead atoms. The average molecular weight is 409 g/mol. The summed E-state index contributed by atoms with van der Waals surface area (Å²) in [7, 11) is -3.71. The van der Waals surface area contributed by atoms with Crippen LogP contribution in [-0.2, 0) is 10.0 Å². The van der Waals surface area contributed by atoms with Crippen molar-refractivity contribution in [3.63, 3.8) is 0 Å². The first-order chi connectivity index (χ1) is 13.8. The van der Waals surface area contributed by atoms with Gasteiger partial charge in [-0.15, -0.1) is 0 Å². The second-order valence-electron chi connectivity index (χ2n) is 7.05. The second kappa shape index (κ2) is 8.49. The molecule has 3 aromatic rings. The SMILES string of the molecule is Cc1ccc(C)c([C@@H](C)NC(=O)c2cccc(NS(=O)(=O)c3ccccc3)c2)c1. The van der Waals surface area contributed by atoms with E-state index in [1.807, 2.05) is 32.9 Å². The van der Waals surface area contributed by atoms with Crippen molar-refractivity contribution in [2.75, 3.05) is 4.72 Å². The number of amides is 1. The third kappa shape index (κ3) is 5.03. The Hall–Kier alpha value is -3.12. The van der Waals surface area contributed by atoms with E-state index < -0.39 is 10.0 Å². The summed E-state index contributed by atoms with van der Waals surface area (Å²) >= 11 is 0. The fraction of sp³-hybridized carbons (Fsp3) is 0.174. The maximum absolute atomic E-state index is 12.7. The van der Waals surface area contributed by atoms with E-state index in [-0.39, 0.29) is 16.8 Å².